The number of hydrogen-bond donors (Lipinski definition) is 2. The van der Waals surface area contributed by atoms with Gasteiger partial charge in [-0.2, -0.15) is 0 Å². The van der Waals surface area contributed by atoms with Crippen molar-refractivity contribution in [3.8, 4) is 0 Å². The smallest absolute Gasteiger partial charge is 0.136 e. The van der Waals surface area contributed by atoms with Gasteiger partial charge in [0, 0.05) is 12.2 Å². The molecule has 2 unspecified atom stereocenters. The molecule has 0 aromatic carbocycles. The van der Waals surface area contributed by atoms with Gasteiger partial charge in [0.25, 0.3) is 0 Å². The van der Waals surface area contributed by atoms with E-state index >= 15 is 0 Å². The maximum absolute atomic E-state index is 5.89. The lowest BCUT2D eigenvalue weighted by atomic mass is 9.82. The highest BCUT2D eigenvalue weighted by Crippen LogP contribution is 2.30. The third-order valence-electron chi connectivity index (χ3n) is 4.92. The second kappa shape index (κ2) is 6.30. The van der Waals surface area contributed by atoms with E-state index in [1.54, 1.807) is 0 Å². The van der Waals surface area contributed by atoms with Gasteiger partial charge in [0.05, 0.1) is 5.56 Å². The summed E-state index contributed by atoms with van der Waals surface area (Å²) >= 11 is 5.21. The molecular weight excluding hydrogens is 278 g/mol. The largest absolute Gasteiger partial charge is 0.389 e. The van der Waals surface area contributed by atoms with Crippen molar-refractivity contribution >= 4 is 23.0 Å². The predicted octanol–water partition coefficient (Wildman–Crippen LogP) is 3.44. The number of thiocarbonyl (C=S) groups is 1. The summed E-state index contributed by atoms with van der Waals surface area (Å²) in [7, 11) is 0. The Kier molecular flexibility index (Phi) is 4.43. The fraction of sp³-hybridized carbons (Fsp3) is 0.647. The highest BCUT2D eigenvalue weighted by molar-refractivity contribution is 7.80. The van der Waals surface area contributed by atoms with Gasteiger partial charge >= 0.3 is 0 Å². The molecule has 21 heavy (non-hydrogen) atoms. The molecule has 2 atom stereocenters. The summed E-state index contributed by atoms with van der Waals surface area (Å²) in [6.45, 7) is 3.35. The Balaban J connectivity index is 1.73. The number of aromatic nitrogens is 1. The number of anilines is 1. The highest BCUT2D eigenvalue weighted by atomic mass is 32.1. The van der Waals surface area contributed by atoms with Gasteiger partial charge in [-0.05, 0) is 55.6 Å². The van der Waals surface area contributed by atoms with E-state index in [0.717, 1.165) is 42.6 Å². The third-order valence-corrected chi connectivity index (χ3v) is 5.14. The minimum Gasteiger partial charge on any atom is -0.389 e. The molecule has 2 aliphatic carbocycles. The maximum atomic E-state index is 5.89. The van der Waals surface area contributed by atoms with Crippen LogP contribution in [0.3, 0.4) is 0 Å². The minimum absolute atomic E-state index is 0.455. The second-order valence-corrected chi connectivity index (χ2v) is 7.17. The molecule has 1 fully saturated rings. The Labute approximate surface area is 132 Å². The molecule has 1 saturated carbocycles. The van der Waals surface area contributed by atoms with E-state index in [1.165, 1.54) is 43.4 Å². The van der Waals surface area contributed by atoms with E-state index in [9.17, 15) is 0 Å². The molecule has 0 aliphatic heterocycles. The van der Waals surface area contributed by atoms with Crippen LogP contribution in [-0.4, -0.2) is 16.5 Å². The molecule has 2 aliphatic rings. The summed E-state index contributed by atoms with van der Waals surface area (Å²) in [5.41, 5.74) is 9.38. The van der Waals surface area contributed by atoms with E-state index in [4.69, 9.17) is 22.9 Å². The first-order chi connectivity index (χ1) is 10.1. The molecule has 0 amide bonds. The van der Waals surface area contributed by atoms with Crippen LogP contribution in [0.15, 0.2) is 6.07 Å². The number of hydrogen-bond acceptors (Lipinski definition) is 3. The van der Waals surface area contributed by atoms with Gasteiger partial charge in [0.1, 0.15) is 10.8 Å². The second-order valence-electron chi connectivity index (χ2n) is 6.73. The van der Waals surface area contributed by atoms with Crippen LogP contribution < -0.4 is 11.1 Å². The zero-order valence-electron chi connectivity index (χ0n) is 12.8. The van der Waals surface area contributed by atoms with Crippen LogP contribution in [0, 0.1) is 11.8 Å². The Morgan fingerprint density at radius 1 is 1.38 bits per heavy atom. The molecule has 0 radical (unpaired) electrons. The van der Waals surface area contributed by atoms with E-state index in [1.807, 2.05) is 0 Å². The van der Waals surface area contributed by atoms with Crippen molar-refractivity contribution in [1.29, 1.82) is 0 Å². The van der Waals surface area contributed by atoms with Gasteiger partial charge < -0.3 is 11.1 Å². The number of nitrogens with one attached hydrogen (secondary N) is 1. The van der Waals surface area contributed by atoms with Crippen LogP contribution in [0.4, 0.5) is 5.82 Å². The van der Waals surface area contributed by atoms with Crippen molar-refractivity contribution in [1.82, 2.24) is 4.98 Å². The average molecular weight is 303 g/mol. The number of nitrogens with zero attached hydrogens (tertiary/aromatic N) is 1. The molecule has 3 nitrogen and oxygen atoms in total. The summed E-state index contributed by atoms with van der Waals surface area (Å²) in [6, 6.07) is 2.16. The van der Waals surface area contributed by atoms with Crippen molar-refractivity contribution in [2.75, 3.05) is 11.9 Å². The molecular formula is C17H25N3S. The summed E-state index contributed by atoms with van der Waals surface area (Å²) in [4.78, 5) is 5.25. The first kappa shape index (κ1) is 14.8. The van der Waals surface area contributed by atoms with Gasteiger partial charge in [0.2, 0.25) is 0 Å². The summed E-state index contributed by atoms with van der Waals surface area (Å²) in [5, 5.41) is 3.54. The van der Waals surface area contributed by atoms with Crippen LogP contribution in [-0.2, 0) is 12.8 Å². The van der Waals surface area contributed by atoms with E-state index in [-0.39, 0.29) is 0 Å². The van der Waals surface area contributed by atoms with E-state index in [0.29, 0.717) is 4.99 Å². The number of pyridine rings is 1. The van der Waals surface area contributed by atoms with E-state index in [2.05, 4.69) is 18.3 Å². The van der Waals surface area contributed by atoms with Gasteiger partial charge in [-0.3, -0.25) is 0 Å². The first-order valence-electron chi connectivity index (χ1n) is 8.20. The summed E-state index contributed by atoms with van der Waals surface area (Å²) < 4.78 is 0. The average Bonchev–Trinajstić information content (AvgIpc) is 2.91. The van der Waals surface area contributed by atoms with Crippen molar-refractivity contribution in [2.45, 2.75) is 51.9 Å². The van der Waals surface area contributed by atoms with Crippen molar-refractivity contribution < 1.29 is 0 Å². The Bertz CT molecular complexity index is 541. The molecule has 0 spiro atoms. The molecule has 0 bridgehead atoms. The van der Waals surface area contributed by atoms with Crippen LogP contribution in [0.2, 0.25) is 0 Å². The number of fused-ring (bicyclic) bond motifs is 1. The van der Waals surface area contributed by atoms with Crippen molar-refractivity contribution in [3.63, 3.8) is 0 Å². The predicted molar refractivity (Wildman–Crippen MR) is 91.8 cm³/mol. The van der Waals surface area contributed by atoms with Gasteiger partial charge in [-0.15, -0.1) is 0 Å². The van der Waals surface area contributed by atoms with Crippen molar-refractivity contribution in [2.24, 2.45) is 17.6 Å². The van der Waals surface area contributed by atoms with Gasteiger partial charge in [-0.1, -0.05) is 32.0 Å². The fourth-order valence-electron chi connectivity index (χ4n) is 3.78. The van der Waals surface area contributed by atoms with Crippen molar-refractivity contribution in [3.05, 3.63) is 22.9 Å². The molecule has 4 heteroatoms. The minimum atomic E-state index is 0.455. The summed E-state index contributed by atoms with van der Waals surface area (Å²) in [6.07, 6.45) is 8.77. The van der Waals surface area contributed by atoms with Gasteiger partial charge in [-0.25, -0.2) is 4.98 Å². The Morgan fingerprint density at radius 2 is 2.24 bits per heavy atom. The fourth-order valence-corrected chi connectivity index (χ4v) is 3.94. The first-order valence-corrected chi connectivity index (χ1v) is 8.60. The number of rotatable bonds is 4. The lowest BCUT2D eigenvalue weighted by molar-refractivity contribution is 0.293. The quantitative estimate of drug-likeness (QED) is 0.837. The molecule has 0 saturated heterocycles. The van der Waals surface area contributed by atoms with Crippen LogP contribution >= 0.6 is 12.2 Å². The highest BCUT2D eigenvalue weighted by Gasteiger charge is 2.21. The SMILES string of the molecule is CC1CCCC(CNc2nc3c(cc2C(N)=S)CCC3)C1. The summed E-state index contributed by atoms with van der Waals surface area (Å²) in [5.74, 6) is 2.51. The lowest BCUT2D eigenvalue weighted by Gasteiger charge is -2.27. The zero-order valence-corrected chi connectivity index (χ0v) is 13.6. The monoisotopic (exact) mass is 303 g/mol. The number of aryl methyl sites for hydroxylation is 2. The van der Waals surface area contributed by atoms with Gasteiger partial charge in [0.15, 0.2) is 0 Å². The Hall–Kier alpha value is -1.16. The van der Waals surface area contributed by atoms with Crippen LogP contribution in [0.5, 0.6) is 0 Å². The van der Waals surface area contributed by atoms with Crippen LogP contribution in [0.25, 0.3) is 0 Å². The molecule has 3 rings (SSSR count). The maximum Gasteiger partial charge on any atom is 0.136 e. The number of nitrogens with two attached hydrogens (primary N) is 1. The topological polar surface area (TPSA) is 50.9 Å². The lowest BCUT2D eigenvalue weighted by Crippen LogP contribution is -2.23. The third kappa shape index (κ3) is 3.37. The standard InChI is InChI=1S/C17H25N3S/c1-11-4-2-5-12(8-11)10-19-17-14(16(18)21)9-13-6-3-7-15(13)20-17/h9,11-12H,2-8,10H2,1H3,(H2,18,21)(H,19,20). The Morgan fingerprint density at radius 3 is 3.00 bits per heavy atom. The molecule has 1 heterocycles. The normalized spacial score (nSPS) is 24.6. The van der Waals surface area contributed by atoms with Crippen LogP contribution in [0.1, 0.15) is 55.8 Å². The van der Waals surface area contributed by atoms with E-state index < -0.39 is 0 Å². The molecule has 114 valence electrons. The zero-order chi connectivity index (χ0) is 14.8. The molecule has 3 N–H and O–H groups in total. The molecule has 1 aromatic rings. The molecule has 1 aromatic heterocycles.